The number of piperidine rings is 1. The van der Waals surface area contributed by atoms with Crippen molar-refractivity contribution in [2.24, 2.45) is 0 Å². The molecule has 0 radical (unpaired) electrons. The van der Waals surface area contributed by atoms with E-state index in [9.17, 15) is 32.7 Å². The van der Waals surface area contributed by atoms with Crippen molar-refractivity contribution >= 4 is 44.2 Å². The predicted molar refractivity (Wildman–Crippen MR) is 218 cm³/mol. The number of benzene rings is 5. The molecule has 1 atom stereocenters. The first-order valence-electron chi connectivity index (χ1n) is 19.2. The number of phenols is 1. The molecule has 2 heterocycles. The average molecular weight is 822 g/mol. The maximum Gasteiger partial charge on any atom is 0.266 e. The van der Waals surface area contributed by atoms with E-state index in [4.69, 9.17) is 18.9 Å². The fourth-order valence-electron chi connectivity index (χ4n) is 7.06. The van der Waals surface area contributed by atoms with Gasteiger partial charge in [-0.05, 0) is 96.7 Å². The predicted octanol–water partition coefficient (Wildman–Crippen LogP) is 5.61. The second-order valence-corrected chi connectivity index (χ2v) is 16.1. The Labute approximate surface area is 341 Å². The van der Waals surface area contributed by atoms with E-state index >= 15 is 0 Å². The third-order valence-corrected chi connectivity index (χ3v) is 11.3. The molecule has 0 spiro atoms. The maximum atomic E-state index is 13.3. The molecular formula is C44H43N3O11S. The minimum absolute atomic E-state index is 0.0397. The summed E-state index contributed by atoms with van der Waals surface area (Å²) in [6.45, 7) is 5.34. The number of imide groups is 2. The van der Waals surface area contributed by atoms with Crippen LogP contribution in [0.1, 0.15) is 40.5 Å². The molecular weight excluding hydrogens is 779 g/mol. The molecule has 2 N–H and O–H groups in total. The first-order valence-corrected chi connectivity index (χ1v) is 21.0. The van der Waals surface area contributed by atoms with Gasteiger partial charge in [0.05, 0.1) is 29.2 Å². The summed E-state index contributed by atoms with van der Waals surface area (Å²) in [6.07, 6.45) is 1.28. The lowest BCUT2D eigenvalue weighted by Crippen LogP contribution is -2.54. The molecule has 0 aliphatic carbocycles. The smallest absolute Gasteiger partial charge is 0.266 e. The Kier molecular flexibility index (Phi) is 12.3. The molecule has 0 saturated carbocycles. The molecule has 0 aromatic heterocycles. The molecule has 1 saturated heterocycles. The number of aromatic hydroxyl groups is 1. The summed E-state index contributed by atoms with van der Waals surface area (Å²) in [6, 6.07) is 26.4. The Bertz CT molecular complexity index is 2510. The number of sulfone groups is 1. The largest absolute Gasteiger partial charge is 0.508 e. The van der Waals surface area contributed by atoms with Crippen molar-refractivity contribution in [2.45, 2.75) is 30.7 Å². The monoisotopic (exact) mass is 821 g/mol. The SMILES string of the molecule is CCN(CCOCCOc1cccc2c1C(=O)N(C1CCC(=O)NC1=O)C2=O)CCOc1ccc(Oc2c(-c3ccc(S(C)(=O)=O)cc3)ccc3cc(O)ccc23)cc1. The number of ether oxygens (including phenoxy) is 4. The number of hydrogen-bond acceptors (Lipinski definition) is 12. The van der Waals surface area contributed by atoms with Crippen LogP contribution in [0.3, 0.4) is 0 Å². The number of nitrogens with one attached hydrogen (secondary N) is 1. The molecule has 0 bridgehead atoms. The first-order chi connectivity index (χ1) is 28.4. The quantitative estimate of drug-likeness (QED) is 0.0878. The van der Waals surface area contributed by atoms with Crippen LogP contribution in [0.4, 0.5) is 0 Å². The lowest BCUT2D eigenvalue weighted by molar-refractivity contribution is -0.136. The van der Waals surface area contributed by atoms with Crippen molar-refractivity contribution in [3.05, 3.63) is 108 Å². The summed E-state index contributed by atoms with van der Waals surface area (Å²) < 4.78 is 48.2. The van der Waals surface area contributed by atoms with Crippen LogP contribution in [-0.2, 0) is 24.2 Å². The maximum absolute atomic E-state index is 13.3. The van der Waals surface area contributed by atoms with Gasteiger partial charge in [-0.25, -0.2) is 8.42 Å². The zero-order valence-corrected chi connectivity index (χ0v) is 33.3. The van der Waals surface area contributed by atoms with Gasteiger partial charge < -0.3 is 24.1 Å². The highest BCUT2D eigenvalue weighted by molar-refractivity contribution is 7.90. The molecule has 1 unspecified atom stereocenters. The van der Waals surface area contributed by atoms with Crippen LogP contribution in [0.2, 0.25) is 0 Å². The van der Waals surface area contributed by atoms with Gasteiger partial charge in [-0.15, -0.1) is 0 Å². The number of phenolic OH excluding ortho intramolecular Hbond substituents is 1. The highest BCUT2D eigenvalue weighted by Crippen LogP contribution is 2.41. The van der Waals surface area contributed by atoms with Gasteiger partial charge >= 0.3 is 0 Å². The van der Waals surface area contributed by atoms with E-state index in [2.05, 4.69) is 10.2 Å². The van der Waals surface area contributed by atoms with Crippen LogP contribution in [0.15, 0.2) is 102 Å². The lowest BCUT2D eigenvalue weighted by atomic mass is 9.99. The summed E-state index contributed by atoms with van der Waals surface area (Å²) in [5, 5.41) is 13.8. The molecule has 5 aromatic carbocycles. The van der Waals surface area contributed by atoms with E-state index in [1.807, 2.05) is 43.3 Å². The molecule has 59 heavy (non-hydrogen) atoms. The highest BCUT2D eigenvalue weighted by atomic mass is 32.2. The van der Waals surface area contributed by atoms with E-state index < -0.39 is 39.5 Å². The number of carbonyl (C=O) groups is 4. The lowest BCUT2D eigenvalue weighted by Gasteiger charge is -2.27. The summed E-state index contributed by atoms with van der Waals surface area (Å²) in [7, 11) is -3.36. The van der Waals surface area contributed by atoms with Crippen LogP contribution in [0.25, 0.3) is 21.9 Å². The van der Waals surface area contributed by atoms with Crippen molar-refractivity contribution in [1.29, 1.82) is 0 Å². The summed E-state index contributed by atoms with van der Waals surface area (Å²) in [5.41, 5.74) is 1.78. The number of amides is 4. The minimum Gasteiger partial charge on any atom is -0.508 e. The molecule has 5 aromatic rings. The Balaban J connectivity index is 0.878. The third-order valence-electron chi connectivity index (χ3n) is 10.2. The van der Waals surface area contributed by atoms with Crippen LogP contribution in [0.5, 0.6) is 28.7 Å². The molecule has 1 fully saturated rings. The number of hydrogen-bond donors (Lipinski definition) is 2. The van der Waals surface area contributed by atoms with Crippen molar-refractivity contribution in [3.8, 4) is 39.9 Å². The molecule has 306 valence electrons. The molecule has 2 aliphatic rings. The van der Waals surface area contributed by atoms with Crippen molar-refractivity contribution in [1.82, 2.24) is 15.1 Å². The topological polar surface area (TPSA) is 178 Å². The van der Waals surface area contributed by atoms with E-state index in [1.54, 1.807) is 54.6 Å². The van der Waals surface area contributed by atoms with E-state index in [1.165, 1.54) is 12.3 Å². The van der Waals surface area contributed by atoms with Crippen LogP contribution >= 0.6 is 0 Å². The third kappa shape index (κ3) is 9.22. The Morgan fingerprint density at radius 3 is 2.27 bits per heavy atom. The van der Waals surface area contributed by atoms with Crippen molar-refractivity contribution in [3.63, 3.8) is 0 Å². The fourth-order valence-corrected chi connectivity index (χ4v) is 7.69. The standard InChI is InChI=1S/C44H43N3O11S/c1-3-46(21-23-55-25-26-57-38-6-4-5-36-40(38)44(52)47(43(36)51)37-19-20-39(49)45-42(37)50)22-24-56-31-11-13-32(14-12-31)58-41-34(17-9-29-27-30(48)10-18-35(29)41)28-7-15-33(16-8-28)59(2,53)54/h4-18,27,37,48H,3,19-26H2,1-2H3,(H,45,49,50). The second-order valence-electron chi connectivity index (χ2n) is 14.1. The molecule has 2 aliphatic heterocycles. The fraction of sp³-hybridized carbons (Fsp3) is 0.273. The van der Waals surface area contributed by atoms with Gasteiger partial charge in [0.2, 0.25) is 11.8 Å². The van der Waals surface area contributed by atoms with Gasteiger partial charge in [-0.3, -0.25) is 34.3 Å². The van der Waals surface area contributed by atoms with Gasteiger partial charge in [0.15, 0.2) is 9.84 Å². The number of carbonyl (C=O) groups excluding carboxylic acids is 4. The highest BCUT2D eigenvalue weighted by Gasteiger charge is 2.46. The number of fused-ring (bicyclic) bond motifs is 2. The molecule has 15 heteroatoms. The summed E-state index contributed by atoms with van der Waals surface area (Å²) in [4.78, 5) is 53.6. The molecule has 14 nitrogen and oxygen atoms in total. The average Bonchev–Trinajstić information content (AvgIpc) is 3.47. The van der Waals surface area contributed by atoms with E-state index in [-0.39, 0.29) is 53.6 Å². The van der Waals surface area contributed by atoms with E-state index in [0.29, 0.717) is 43.6 Å². The van der Waals surface area contributed by atoms with Crippen LogP contribution in [0, 0.1) is 0 Å². The summed E-state index contributed by atoms with van der Waals surface area (Å²) in [5.74, 6) is -0.187. The van der Waals surface area contributed by atoms with Gasteiger partial charge in [0.1, 0.15) is 48.0 Å². The Morgan fingerprint density at radius 1 is 0.797 bits per heavy atom. The van der Waals surface area contributed by atoms with Gasteiger partial charge in [-0.2, -0.15) is 0 Å². The first kappa shape index (κ1) is 40.9. The van der Waals surface area contributed by atoms with E-state index in [0.717, 1.165) is 33.3 Å². The molecule has 4 amide bonds. The van der Waals surface area contributed by atoms with Gasteiger partial charge in [0, 0.05) is 36.7 Å². The number of likely N-dealkylation sites (N-methyl/N-ethyl adjacent to an activating group) is 1. The minimum atomic E-state index is -3.36. The Hall–Kier alpha value is -6.29. The zero-order valence-electron chi connectivity index (χ0n) is 32.5. The van der Waals surface area contributed by atoms with Crippen LogP contribution < -0.4 is 19.5 Å². The molecule has 7 rings (SSSR count). The zero-order chi connectivity index (χ0) is 41.7. The van der Waals surface area contributed by atoms with Gasteiger partial charge in [0.25, 0.3) is 11.8 Å². The number of nitrogens with zero attached hydrogens (tertiary/aromatic N) is 2. The van der Waals surface area contributed by atoms with Crippen LogP contribution in [-0.4, -0.2) is 105 Å². The number of rotatable bonds is 17. The van der Waals surface area contributed by atoms with Crippen molar-refractivity contribution in [2.75, 3.05) is 52.3 Å². The Morgan fingerprint density at radius 2 is 1.54 bits per heavy atom. The normalized spacial score (nSPS) is 15.4. The van der Waals surface area contributed by atoms with Gasteiger partial charge in [-0.1, -0.05) is 31.2 Å². The summed E-state index contributed by atoms with van der Waals surface area (Å²) >= 11 is 0. The second kappa shape index (κ2) is 17.7. The van der Waals surface area contributed by atoms with Crippen molar-refractivity contribution < 1.29 is 51.6 Å².